The second kappa shape index (κ2) is 11.1. The van der Waals surface area contributed by atoms with Gasteiger partial charge in [0.15, 0.2) is 6.61 Å². The Bertz CT molecular complexity index is 858. The number of hydrogen-bond acceptors (Lipinski definition) is 3. The molecule has 0 saturated heterocycles. The Morgan fingerprint density at radius 2 is 1.90 bits per heavy atom. The highest BCUT2D eigenvalue weighted by molar-refractivity contribution is 6.35. The molecule has 0 aliphatic heterocycles. The highest BCUT2D eigenvalue weighted by Gasteiger charge is 2.26. The fourth-order valence-electron chi connectivity index (χ4n) is 2.76. The lowest BCUT2D eigenvalue weighted by Crippen LogP contribution is -2.49. The van der Waals surface area contributed by atoms with Gasteiger partial charge in [-0.3, -0.25) is 9.59 Å². The summed E-state index contributed by atoms with van der Waals surface area (Å²) in [5.41, 5.74) is 2.02. The molecule has 0 aromatic heterocycles. The van der Waals surface area contributed by atoms with E-state index in [0.29, 0.717) is 28.9 Å². The van der Waals surface area contributed by atoms with Crippen LogP contribution < -0.4 is 10.1 Å². The van der Waals surface area contributed by atoms with Crippen LogP contribution in [0, 0.1) is 6.92 Å². The molecule has 156 valence electrons. The molecule has 0 aliphatic carbocycles. The number of ether oxygens (including phenoxy) is 1. The van der Waals surface area contributed by atoms with Gasteiger partial charge in [-0.1, -0.05) is 54.4 Å². The van der Waals surface area contributed by atoms with E-state index in [4.69, 9.17) is 27.9 Å². The zero-order valence-electron chi connectivity index (χ0n) is 16.9. The SMILES string of the molecule is CCCNC(=O)C(C)N(Cc1ccccc1C)C(=O)COc1ccc(Cl)cc1Cl. The van der Waals surface area contributed by atoms with E-state index in [2.05, 4.69) is 5.32 Å². The van der Waals surface area contributed by atoms with Crippen LogP contribution in [0.3, 0.4) is 0 Å². The largest absolute Gasteiger partial charge is 0.482 e. The molecule has 2 amide bonds. The van der Waals surface area contributed by atoms with Crippen molar-refractivity contribution in [3.05, 3.63) is 63.6 Å². The number of halogens is 2. The molecule has 0 spiro atoms. The maximum absolute atomic E-state index is 13.0. The Morgan fingerprint density at radius 3 is 2.55 bits per heavy atom. The van der Waals surface area contributed by atoms with Gasteiger partial charge in [-0.25, -0.2) is 0 Å². The minimum absolute atomic E-state index is 0.196. The van der Waals surface area contributed by atoms with Crippen molar-refractivity contribution in [2.24, 2.45) is 0 Å². The molecule has 0 aliphatic rings. The monoisotopic (exact) mass is 436 g/mol. The molecule has 1 atom stereocenters. The second-order valence-electron chi connectivity index (χ2n) is 6.78. The van der Waals surface area contributed by atoms with Crippen LogP contribution in [0.25, 0.3) is 0 Å². The lowest BCUT2D eigenvalue weighted by Gasteiger charge is -2.29. The minimum atomic E-state index is -0.641. The predicted octanol–water partition coefficient (Wildman–Crippen LogP) is 4.62. The van der Waals surface area contributed by atoms with Crippen LogP contribution in [0.2, 0.25) is 10.0 Å². The molecule has 2 rings (SSSR count). The molecule has 0 heterocycles. The Labute approximate surface area is 181 Å². The number of aryl methyl sites for hydroxylation is 1. The zero-order chi connectivity index (χ0) is 21.4. The van der Waals surface area contributed by atoms with Crippen molar-refractivity contribution in [3.63, 3.8) is 0 Å². The van der Waals surface area contributed by atoms with E-state index in [9.17, 15) is 9.59 Å². The average Bonchev–Trinajstić information content (AvgIpc) is 2.70. The van der Waals surface area contributed by atoms with Crippen molar-refractivity contribution in [2.75, 3.05) is 13.2 Å². The molecule has 0 fully saturated rings. The van der Waals surface area contributed by atoms with Crippen LogP contribution in [0.4, 0.5) is 0 Å². The van der Waals surface area contributed by atoms with Gasteiger partial charge in [0, 0.05) is 18.1 Å². The number of nitrogens with zero attached hydrogens (tertiary/aromatic N) is 1. The summed E-state index contributed by atoms with van der Waals surface area (Å²) in [6.07, 6.45) is 0.822. The third-order valence-electron chi connectivity index (χ3n) is 4.56. The molecule has 2 aromatic rings. The molecule has 7 heteroatoms. The van der Waals surface area contributed by atoms with E-state index in [-0.39, 0.29) is 18.4 Å². The number of hydrogen-bond donors (Lipinski definition) is 1. The van der Waals surface area contributed by atoms with Gasteiger partial charge >= 0.3 is 0 Å². The van der Waals surface area contributed by atoms with Crippen LogP contribution in [0.5, 0.6) is 5.75 Å². The van der Waals surface area contributed by atoms with Crippen molar-refractivity contribution in [1.29, 1.82) is 0 Å². The van der Waals surface area contributed by atoms with Crippen molar-refractivity contribution in [1.82, 2.24) is 10.2 Å². The normalized spacial score (nSPS) is 11.6. The molecule has 29 heavy (non-hydrogen) atoms. The Balaban J connectivity index is 2.17. The van der Waals surface area contributed by atoms with Crippen LogP contribution >= 0.6 is 23.2 Å². The van der Waals surface area contributed by atoms with Gasteiger partial charge in [-0.2, -0.15) is 0 Å². The van der Waals surface area contributed by atoms with E-state index in [1.54, 1.807) is 25.1 Å². The molecule has 0 radical (unpaired) electrons. The third kappa shape index (κ3) is 6.65. The quantitative estimate of drug-likeness (QED) is 0.623. The summed E-state index contributed by atoms with van der Waals surface area (Å²) in [5, 5.41) is 3.65. The van der Waals surface area contributed by atoms with Gasteiger partial charge in [0.05, 0.1) is 5.02 Å². The van der Waals surface area contributed by atoms with E-state index in [1.165, 1.54) is 4.90 Å². The first kappa shape index (κ1) is 23.0. The minimum Gasteiger partial charge on any atom is -0.482 e. The van der Waals surface area contributed by atoms with E-state index >= 15 is 0 Å². The van der Waals surface area contributed by atoms with Crippen LogP contribution in [-0.2, 0) is 16.1 Å². The van der Waals surface area contributed by atoms with Crippen LogP contribution in [0.15, 0.2) is 42.5 Å². The highest BCUT2D eigenvalue weighted by Crippen LogP contribution is 2.27. The van der Waals surface area contributed by atoms with Crippen molar-refractivity contribution >= 4 is 35.0 Å². The first-order valence-corrected chi connectivity index (χ1v) is 10.3. The maximum Gasteiger partial charge on any atom is 0.261 e. The topological polar surface area (TPSA) is 58.6 Å². The van der Waals surface area contributed by atoms with E-state index < -0.39 is 6.04 Å². The number of benzene rings is 2. The Morgan fingerprint density at radius 1 is 1.17 bits per heavy atom. The highest BCUT2D eigenvalue weighted by atomic mass is 35.5. The molecular weight excluding hydrogens is 411 g/mol. The number of nitrogens with one attached hydrogen (secondary N) is 1. The summed E-state index contributed by atoms with van der Waals surface area (Å²) in [4.78, 5) is 27.0. The molecule has 0 bridgehead atoms. The summed E-state index contributed by atoms with van der Waals surface area (Å²) in [6.45, 7) is 6.31. The summed E-state index contributed by atoms with van der Waals surface area (Å²) < 4.78 is 5.60. The summed E-state index contributed by atoms with van der Waals surface area (Å²) in [7, 11) is 0. The molecule has 2 aromatic carbocycles. The van der Waals surface area contributed by atoms with Crippen LogP contribution in [-0.4, -0.2) is 35.9 Å². The second-order valence-corrected chi connectivity index (χ2v) is 7.62. The average molecular weight is 437 g/mol. The number of carbonyl (C=O) groups is 2. The lowest BCUT2D eigenvalue weighted by atomic mass is 10.1. The standard InChI is InChI=1S/C22H26Cl2N2O3/c1-4-11-25-22(28)16(3)26(13-17-8-6-5-7-15(17)2)21(27)14-29-20-10-9-18(23)12-19(20)24/h5-10,12,16H,4,11,13-14H2,1-3H3,(H,25,28). The van der Waals surface area contributed by atoms with Crippen LogP contribution in [0.1, 0.15) is 31.4 Å². The molecule has 1 unspecified atom stereocenters. The van der Waals surface area contributed by atoms with Crippen molar-refractivity contribution in [3.8, 4) is 5.75 Å². The van der Waals surface area contributed by atoms with E-state index in [1.807, 2.05) is 38.1 Å². The molecular formula is C22H26Cl2N2O3. The van der Waals surface area contributed by atoms with Crippen molar-refractivity contribution < 1.29 is 14.3 Å². The Hall–Kier alpha value is -2.24. The van der Waals surface area contributed by atoms with Crippen molar-refractivity contribution in [2.45, 2.75) is 39.8 Å². The first-order chi connectivity index (χ1) is 13.8. The Kier molecular flexibility index (Phi) is 8.80. The maximum atomic E-state index is 13.0. The van der Waals surface area contributed by atoms with Gasteiger partial charge < -0.3 is 15.0 Å². The molecule has 1 N–H and O–H groups in total. The third-order valence-corrected chi connectivity index (χ3v) is 5.09. The smallest absolute Gasteiger partial charge is 0.261 e. The van der Waals surface area contributed by atoms with Gasteiger partial charge in [-0.05, 0) is 49.6 Å². The number of rotatable bonds is 9. The number of amides is 2. The lowest BCUT2D eigenvalue weighted by molar-refractivity contribution is -0.142. The molecule has 0 saturated carbocycles. The fourth-order valence-corrected chi connectivity index (χ4v) is 3.23. The van der Waals surface area contributed by atoms with Gasteiger partial charge in [0.2, 0.25) is 5.91 Å². The number of carbonyl (C=O) groups excluding carboxylic acids is 2. The predicted molar refractivity (Wildman–Crippen MR) is 116 cm³/mol. The zero-order valence-corrected chi connectivity index (χ0v) is 18.4. The summed E-state index contributed by atoms with van der Waals surface area (Å²) in [5.74, 6) is -0.139. The van der Waals surface area contributed by atoms with Gasteiger partial charge in [0.25, 0.3) is 5.91 Å². The summed E-state index contributed by atoms with van der Waals surface area (Å²) >= 11 is 12.0. The molecule has 5 nitrogen and oxygen atoms in total. The first-order valence-electron chi connectivity index (χ1n) is 9.53. The summed E-state index contributed by atoms with van der Waals surface area (Å²) in [6, 6.07) is 11.9. The van der Waals surface area contributed by atoms with Gasteiger partial charge in [-0.15, -0.1) is 0 Å². The van der Waals surface area contributed by atoms with E-state index in [0.717, 1.165) is 17.5 Å². The van der Waals surface area contributed by atoms with Gasteiger partial charge in [0.1, 0.15) is 11.8 Å². The fraction of sp³-hybridized carbons (Fsp3) is 0.364.